The summed E-state index contributed by atoms with van der Waals surface area (Å²) in [4.78, 5) is 24.7. The third-order valence-corrected chi connectivity index (χ3v) is 2.92. The second kappa shape index (κ2) is 8.32. The number of hydrogen-bond donors (Lipinski definition) is 2. The number of rotatable bonds is 7. The molecule has 2 amide bonds. The Hall–Kier alpha value is -1.88. The van der Waals surface area contributed by atoms with Crippen molar-refractivity contribution >= 4 is 11.8 Å². The second-order valence-electron chi connectivity index (χ2n) is 4.91. The molecule has 1 aromatic carbocycles. The maximum absolute atomic E-state index is 11.8. The molecule has 110 valence electrons. The van der Waals surface area contributed by atoms with Crippen LogP contribution in [0.25, 0.3) is 0 Å². The summed E-state index contributed by atoms with van der Waals surface area (Å²) in [5.41, 5.74) is 1.80. The first-order valence-electron chi connectivity index (χ1n) is 6.76. The van der Waals surface area contributed by atoms with Gasteiger partial charge in [0.2, 0.25) is 5.91 Å². The molecule has 20 heavy (non-hydrogen) atoms. The fourth-order valence-corrected chi connectivity index (χ4v) is 1.62. The van der Waals surface area contributed by atoms with Crippen LogP contribution in [0.3, 0.4) is 0 Å². The van der Waals surface area contributed by atoms with Gasteiger partial charge < -0.3 is 15.5 Å². The maximum atomic E-state index is 11.8. The van der Waals surface area contributed by atoms with Gasteiger partial charge in [0.05, 0.1) is 0 Å². The molecule has 0 aliphatic rings. The summed E-state index contributed by atoms with van der Waals surface area (Å²) in [6.45, 7) is 3.80. The Morgan fingerprint density at radius 1 is 1.05 bits per heavy atom. The average molecular weight is 277 g/mol. The third-order valence-electron chi connectivity index (χ3n) is 2.92. The van der Waals surface area contributed by atoms with Crippen molar-refractivity contribution in [2.45, 2.75) is 13.3 Å². The third kappa shape index (κ3) is 5.84. The summed E-state index contributed by atoms with van der Waals surface area (Å²) in [6, 6.07) is 7.46. The van der Waals surface area contributed by atoms with Gasteiger partial charge in [-0.25, -0.2) is 0 Å². The van der Waals surface area contributed by atoms with Gasteiger partial charge in [0.25, 0.3) is 5.91 Å². The van der Waals surface area contributed by atoms with Crippen LogP contribution < -0.4 is 10.6 Å². The molecule has 0 saturated heterocycles. The molecule has 0 aliphatic carbocycles. The molecule has 2 N–H and O–H groups in total. The van der Waals surface area contributed by atoms with Gasteiger partial charge in [0.1, 0.15) is 0 Å². The van der Waals surface area contributed by atoms with Crippen LogP contribution in [-0.4, -0.2) is 50.4 Å². The zero-order valence-corrected chi connectivity index (χ0v) is 12.4. The van der Waals surface area contributed by atoms with E-state index in [2.05, 4.69) is 10.6 Å². The minimum atomic E-state index is -0.0730. The maximum Gasteiger partial charge on any atom is 0.251 e. The van der Waals surface area contributed by atoms with E-state index in [1.54, 1.807) is 19.0 Å². The van der Waals surface area contributed by atoms with Crippen molar-refractivity contribution in [1.29, 1.82) is 0 Å². The number of benzene rings is 1. The number of nitrogens with zero attached hydrogens (tertiary/aromatic N) is 1. The minimum Gasteiger partial charge on any atom is -0.351 e. The summed E-state index contributed by atoms with van der Waals surface area (Å²) in [7, 11) is 3.48. The Morgan fingerprint density at radius 3 is 2.30 bits per heavy atom. The number of carbonyl (C=O) groups is 2. The van der Waals surface area contributed by atoms with Crippen LogP contribution in [-0.2, 0) is 4.79 Å². The minimum absolute atomic E-state index is 0.0730. The first-order valence-corrected chi connectivity index (χ1v) is 6.76. The molecule has 0 heterocycles. The van der Waals surface area contributed by atoms with Crippen molar-refractivity contribution < 1.29 is 9.59 Å². The van der Waals surface area contributed by atoms with E-state index in [1.807, 2.05) is 31.2 Å². The molecule has 0 spiro atoms. The van der Waals surface area contributed by atoms with E-state index in [9.17, 15) is 9.59 Å². The monoisotopic (exact) mass is 277 g/mol. The van der Waals surface area contributed by atoms with Crippen molar-refractivity contribution in [2.75, 3.05) is 33.7 Å². The van der Waals surface area contributed by atoms with E-state index < -0.39 is 0 Å². The first-order chi connectivity index (χ1) is 9.50. The van der Waals surface area contributed by atoms with Gasteiger partial charge >= 0.3 is 0 Å². The van der Waals surface area contributed by atoms with Gasteiger partial charge in [0, 0.05) is 45.7 Å². The fraction of sp³-hybridized carbons (Fsp3) is 0.467. The van der Waals surface area contributed by atoms with Crippen molar-refractivity contribution in [3.8, 4) is 0 Å². The molecule has 0 bridgehead atoms. The van der Waals surface area contributed by atoms with E-state index >= 15 is 0 Å². The second-order valence-corrected chi connectivity index (χ2v) is 4.91. The zero-order valence-electron chi connectivity index (χ0n) is 12.4. The largest absolute Gasteiger partial charge is 0.351 e. The molecule has 0 unspecified atom stereocenters. The normalized spacial score (nSPS) is 10.2. The van der Waals surface area contributed by atoms with Crippen LogP contribution >= 0.6 is 0 Å². The smallest absolute Gasteiger partial charge is 0.251 e. The summed E-state index contributed by atoms with van der Waals surface area (Å²) < 4.78 is 0. The number of hydrogen-bond acceptors (Lipinski definition) is 3. The molecular formula is C15H23N3O2. The highest BCUT2D eigenvalue weighted by atomic mass is 16.2. The lowest BCUT2D eigenvalue weighted by Crippen LogP contribution is -2.33. The molecule has 0 fully saturated rings. The predicted octanol–water partition coefficient (Wildman–Crippen LogP) is 0.793. The fourth-order valence-electron chi connectivity index (χ4n) is 1.62. The van der Waals surface area contributed by atoms with Crippen LogP contribution in [0, 0.1) is 6.92 Å². The Bertz CT molecular complexity index is 441. The topological polar surface area (TPSA) is 61.4 Å². The lowest BCUT2D eigenvalue weighted by Gasteiger charge is -2.10. The van der Waals surface area contributed by atoms with E-state index in [0.29, 0.717) is 31.6 Å². The van der Waals surface area contributed by atoms with Gasteiger partial charge in [-0.1, -0.05) is 17.7 Å². The summed E-state index contributed by atoms with van der Waals surface area (Å²) in [6.07, 6.45) is 0.471. The average Bonchev–Trinajstić information content (AvgIpc) is 2.42. The van der Waals surface area contributed by atoms with Crippen LogP contribution in [0.15, 0.2) is 24.3 Å². The lowest BCUT2D eigenvalue weighted by molar-refractivity contribution is -0.128. The Kier molecular flexibility index (Phi) is 6.73. The molecule has 0 atom stereocenters. The van der Waals surface area contributed by atoms with E-state index in [-0.39, 0.29) is 11.8 Å². The van der Waals surface area contributed by atoms with Crippen molar-refractivity contribution in [3.05, 3.63) is 35.4 Å². The van der Waals surface area contributed by atoms with Crippen molar-refractivity contribution in [2.24, 2.45) is 0 Å². The van der Waals surface area contributed by atoms with E-state index in [4.69, 9.17) is 0 Å². The first kappa shape index (κ1) is 16.2. The van der Waals surface area contributed by atoms with Crippen molar-refractivity contribution in [1.82, 2.24) is 15.5 Å². The number of aryl methyl sites for hydroxylation is 1. The molecular weight excluding hydrogens is 254 g/mol. The van der Waals surface area contributed by atoms with Gasteiger partial charge in [0.15, 0.2) is 0 Å². The Morgan fingerprint density at radius 2 is 1.70 bits per heavy atom. The highest BCUT2D eigenvalue weighted by Gasteiger charge is 2.04. The molecule has 1 aromatic rings. The molecule has 0 radical (unpaired) electrons. The van der Waals surface area contributed by atoms with E-state index in [0.717, 1.165) is 5.56 Å². The number of nitrogens with one attached hydrogen (secondary N) is 2. The van der Waals surface area contributed by atoms with Crippen LogP contribution in [0.4, 0.5) is 0 Å². The number of carbonyl (C=O) groups excluding carboxylic acids is 2. The van der Waals surface area contributed by atoms with Crippen molar-refractivity contribution in [3.63, 3.8) is 0 Å². The quantitative estimate of drug-likeness (QED) is 0.725. The lowest BCUT2D eigenvalue weighted by atomic mass is 10.1. The molecule has 0 saturated carbocycles. The van der Waals surface area contributed by atoms with E-state index in [1.165, 1.54) is 0 Å². The highest BCUT2D eigenvalue weighted by Crippen LogP contribution is 2.02. The zero-order chi connectivity index (χ0) is 15.0. The van der Waals surface area contributed by atoms with Crippen LogP contribution in [0.1, 0.15) is 22.3 Å². The highest BCUT2D eigenvalue weighted by molar-refractivity contribution is 5.94. The molecule has 5 heteroatoms. The molecule has 5 nitrogen and oxygen atoms in total. The Balaban J connectivity index is 2.14. The van der Waals surface area contributed by atoms with Gasteiger partial charge in [-0.15, -0.1) is 0 Å². The predicted molar refractivity (Wildman–Crippen MR) is 79.7 cm³/mol. The summed E-state index contributed by atoms with van der Waals surface area (Å²) in [5, 5.41) is 5.96. The van der Waals surface area contributed by atoms with Gasteiger partial charge in [-0.3, -0.25) is 9.59 Å². The SMILES string of the molecule is Cc1ccc(C(=O)NCCNCCC(=O)N(C)C)cc1. The standard InChI is InChI=1S/C15H23N3O2/c1-12-4-6-13(7-5-12)15(20)17-11-10-16-9-8-14(19)18(2)3/h4-7,16H,8-11H2,1-3H3,(H,17,20). The van der Waals surface area contributed by atoms with Gasteiger partial charge in [-0.2, -0.15) is 0 Å². The van der Waals surface area contributed by atoms with Crippen LogP contribution in [0.5, 0.6) is 0 Å². The summed E-state index contributed by atoms with van der Waals surface area (Å²) in [5.74, 6) is 0.0253. The number of amides is 2. The molecule has 0 aliphatic heterocycles. The molecule has 1 rings (SSSR count). The van der Waals surface area contributed by atoms with Crippen LogP contribution in [0.2, 0.25) is 0 Å². The Labute approximate surface area is 120 Å². The molecule has 0 aromatic heterocycles. The summed E-state index contributed by atoms with van der Waals surface area (Å²) >= 11 is 0. The van der Waals surface area contributed by atoms with Gasteiger partial charge in [-0.05, 0) is 19.1 Å².